The molecule has 138 valence electrons. The predicted octanol–water partition coefficient (Wildman–Crippen LogP) is 3.52. The van der Waals surface area contributed by atoms with E-state index < -0.39 is 0 Å². The van der Waals surface area contributed by atoms with Gasteiger partial charge in [-0.25, -0.2) is 0 Å². The monoisotopic (exact) mass is 352 g/mol. The number of carbonyl (C=O) groups excluding carboxylic acids is 1. The van der Waals surface area contributed by atoms with E-state index in [-0.39, 0.29) is 11.8 Å². The Kier molecular flexibility index (Phi) is 6.67. The van der Waals surface area contributed by atoms with Crippen molar-refractivity contribution < 1.29 is 9.53 Å². The topological polar surface area (TPSA) is 50.4 Å². The Morgan fingerprint density at radius 2 is 1.77 bits per heavy atom. The summed E-state index contributed by atoms with van der Waals surface area (Å²) in [5.41, 5.74) is 2.23. The van der Waals surface area contributed by atoms with Gasteiger partial charge in [0, 0.05) is 12.5 Å². The highest BCUT2D eigenvalue weighted by atomic mass is 16.5. The number of nitrogens with one attached hydrogen (secondary N) is 2. The maximum atomic E-state index is 12.4. The molecular weight excluding hydrogens is 324 g/mol. The molecule has 1 fully saturated rings. The van der Waals surface area contributed by atoms with Crippen LogP contribution in [0.3, 0.4) is 0 Å². The van der Waals surface area contributed by atoms with E-state index >= 15 is 0 Å². The molecule has 1 amide bonds. The zero-order chi connectivity index (χ0) is 18.2. The molecule has 0 saturated carbocycles. The van der Waals surface area contributed by atoms with Gasteiger partial charge in [-0.1, -0.05) is 49.4 Å². The number of amides is 1. The molecule has 1 aliphatic heterocycles. The summed E-state index contributed by atoms with van der Waals surface area (Å²) >= 11 is 0. The Morgan fingerprint density at radius 1 is 1.08 bits per heavy atom. The molecule has 1 aliphatic rings. The number of rotatable bonds is 7. The van der Waals surface area contributed by atoms with Crippen LogP contribution in [0.15, 0.2) is 54.6 Å². The normalized spacial score (nSPS) is 16.0. The molecule has 3 rings (SSSR count). The van der Waals surface area contributed by atoms with Gasteiger partial charge < -0.3 is 15.4 Å². The highest BCUT2D eigenvalue weighted by Crippen LogP contribution is 2.22. The number of carbonyl (C=O) groups is 1. The van der Waals surface area contributed by atoms with Gasteiger partial charge in [-0.3, -0.25) is 4.79 Å². The van der Waals surface area contributed by atoms with Crippen molar-refractivity contribution in [1.29, 1.82) is 0 Å². The molecule has 4 nitrogen and oxygen atoms in total. The Morgan fingerprint density at radius 3 is 2.46 bits per heavy atom. The SMILES string of the molecule is CC(C(=O)NCc1ccc(OCc2ccccc2)cc1)C1CCNCC1. The van der Waals surface area contributed by atoms with Crippen molar-refractivity contribution in [3.63, 3.8) is 0 Å². The molecule has 2 aromatic rings. The largest absolute Gasteiger partial charge is 0.489 e. The number of piperidine rings is 1. The zero-order valence-electron chi connectivity index (χ0n) is 15.4. The van der Waals surface area contributed by atoms with Crippen molar-refractivity contribution in [1.82, 2.24) is 10.6 Å². The van der Waals surface area contributed by atoms with Gasteiger partial charge in [0.05, 0.1) is 0 Å². The standard InChI is InChI=1S/C22H28N2O2/c1-17(20-11-13-23-14-12-20)22(25)24-15-18-7-9-21(10-8-18)26-16-19-5-3-2-4-6-19/h2-10,17,20,23H,11-16H2,1H3,(H,24,25). The summed E-state index contributed by atoms with van der Waals surface area (Å²) in [6.45, 7) is 5.21. The second-order valence-electron chi connectivity index (χ2n) is 7.01. The number of ether oxygens (including phenoxy) is 1. The van der Waals surface area contributed by atoms with Crippen LogP contribution in [0.2, 0.25) is 0 Å². The maximum absolute atomic E-state index is 12.4. The molecule has 1 heterocycles. The second-order valence-corrected chi connectivity index (χ2v) is 7.01. The van der Waals surface area contributed by atoms with E-state index in [1.807, 2.05) is 61.5 Å². The third kappa shape index (κ3) is 5.33. The summed E-state index contributed by atoms with van der Waals surface area (Å²) < 4.78 is 5.80. The Labute approximate surface area is 156 Å². The fourth-order valence-corrected chi connectivity index (χ4v) is 3.35. The van der Waals surface area contributed by atoms with Gasteiger partial charge in [0.1, 0.15) is 12.4 Å². The first kappa shape index (κ1) is 18.5. The van der Waals surface area contributed by atoms with Crippen LogP contribution in [-0.2, 0) is 17.9 Å². The quantitative estimate of drug-likeness (QED) is 0.802. The minimum absolute atomic E-state index is 0.0746. The van der Waals surface area contributed by atoms with E-state index in [0.717, 1.165) is 42.8 Å². The maximum Gasteiger partial charge on any atom is 0.223 e. The summed E-state index contributed by atoms with van der Waals surface area (Å²) in [4.78, 5) is 12.4. The molecule has 2 N–H and O–H groups in total. The van der Waals surface area contributed by atoms with E-state index in [1.165, 1.54) is 0 Å². The lowest BCUT2D eigenvalue weighted by molar-refractivity contribution is -0.126. The van der Waals surface area contributed by atoms with E-state index in [4.69, 9.17) is 4.74 Å². The van der Waals surface area contributed by atoms with Gasteiger partial charge in [-0.05, 0) is 55.1 Å². The smallest absolute Gasteiger partial charge is 0.223 e. The molecule has 4 heteroatoms. The Bertz CT molecular complexity index is 679. The Balaban J connectivity index is 1.44. The van der Waals surface area contributed by atoms with Crippen molar-refractivity contribution in [3.8, 4) is 5.75 Å². The third-order valence-corrected chi connectivity index (χ3v) is 5.14. The average Bonchev–Trinajstić information content (AvgIpc) is 2.72. The van der Waals surface area contributed by atoms with Crippen LogP contribution in [-0.4, -0.2) is 19.0 Å². The van der Waals surface area contributed by atoms with Gasteiger partial charge in [0.2, 0.25) is 5.91 Å². The van der Waals surface area contributed by atoms with E-state index in [2.05, 4.69) is 10.6 Å². The highest BCUT2D eigenvalue weighted by molar-refractivity contribution is 5.78. The van der Waals surface area contributed by atoms with Crippen molar-refractivity contribution in [2.45, 2.75) is 32.9 Å². The van der Waals surface area contributed by atoms with Gasteiger partial charge >= 0.3 is 0 Å². The highest BCUT2D eigenvalue weighted by Gasteiger charge is 2.25. The molecule has 0 bridgehead atoms. The van der Waals surface area contributed by atoms with E-state index in [1.54, 1.807) is 0 Å². The molecule has 0 spiro atoms. The van der Waals surface area contributed by atoms with E-state index in [0.29, 0.717) is 19.1 Å². The number of benzene rings is 2. The summed E-state index contributed by atoms with van der Waals surface area (Å²) in [5.74, 6) is 1.56. The predicted molar refractivity (Wildman–Crippen MR) is 104 cm³/mol. The van der Waals surface area contributed by atoms with Crippen LogP contribution in [0.25, 0.3) is 0 Å². The summed E-state index contributed by atoms with van der Waals surface area (Å²) in [5, 5.41) is 6.42. The van der Waals surface area contributed by atoms with E-state index in [9.17, 15) is 4.79 Å². The molecule has 0 aliphatic carbocycles. The van der Waals surface area contributed by atoms with Crippen molar-refractivity contribution in [2.24, 2.45) is 11.8 Å². The Hall–Kier alpha value is -2.33. The van der Waals surface area contributed by atoms with Crippen molar-refractivity contribution in [3.05, 3.63) is 65.7 Å². The lowest BCUT2D eigenvalue weighted by Gasteiger charge is -2.27. The zero-order valence-corrected chi connectivity index (χ0v) is 15.4. The fraction of sp³-hybridized carbons (Fsp3) is 0.409. The summed E-state index contributed by atoms with van der Waals surface area (Å²) in [6.07, 6.45) is 2.17. The van der Waals surface area contributed by atoms with Crippen LogP contribution >= 0.6 is 0 Å². The van der Waals surface area contributed by atoms with Gasteiger partial charge in [-0.15, -0.1) is 0 Å². The molecular formula is C22H28N2O2. The van der Waals surface area contributed by atoms with Crippen LogP contribution in [0.1, 0.15) is 30.9 Å². The first-order valence-electron chi connectivity index (χ1n) is 9.46. The van der Waals surface area contributed by atoms with Crippen molar-refractivity contribution in [2.75, 3.05) is 13.1 Å². The van der Waals surface area contributed by atoms with Crippen LogP contribution in [0.4, 0.5) is 0 Å². The average molecular weight is 352 g/mol. The first-order chi connectivity index (χ1) is 12.7. The van der Waals surface area contributed by atoms with Gasteiger partial charge in [0.25, 0.3) is 0 Å². The van der Waals surface area contributed by atoms with Crippen LogP contribution < -0.4 is 15.4 Å². The minimum Gasteiger partial charge on any atom is -0.489 e. The molecule has 1 atom stereocenters. The lowest BCUT2D eigenvalue weighted by atomic mass is 9.85. The number of hydrogen-bond acceptors (Lipinski definition) is 3. The van der Waals surface area contributed by atoms with Gasteiger partial charge in [-0.2, -0.15) is 0 Å². The minimum atomic E-state index is 0.0746. The van der Waals surface area contributed by atoms with Crippen molar-refractivity contribution >= 4 is 5.91 Å². The first-order valence-corrected chi connectivity index (χ1v) is 9.46. The summed E-state index contributed by atoms with van der Waals surface area (Å²) in [7, 11) is 0. The molecule has 0 aromatic heterocycles. The molecule has 0 radical (unpaired) electrons. The molecule has 1 saturated heterocycles. The van der Waals surface area contributed by atoms with Crippen LogP contribution in [0, 0.1) is 11.8 Å². The fourth-order valence-electron chi connectivity index (χ4n) is 3.35. The molecule has 1 unspecified atom stereocenters. The molecule has 2 aromatic carbocycles. The third-order valence-electron chi connectivity index (χ3n) is 5.14. The van der Waals surface area contributed by atoms with Gasteiger partial charge in [0.15, 0.2) is 0 Å². The second kappa shape index (κ2) is 9.39. The molecule has 26 heavy (non-hydrogen) atoms. The lowest BCUT2D eigenvalue weighted by Crippen LogP contribution is -2.38. The summed E-state index contributed by atoms with van der Waals surface area (Å²) in [6, 6.07) is 18.1. The number of hydrogen-bond donors (Lipinski definition) is 2. The van der Waals surface area contributed by atoms with Crippen LogP contribution in [0.5, 0.6) is 5.75 Å².